The van der Waals surface area contributed by atoms with Crippen LogP contribution >= 0.6 is 0 Å². The summed E-state index contributed by atoms with van der Waals surface area (Å²) in [6.07, 6.45) is -5.03. The number of amides is 4. The summed E-state index contributed by atoms with van der Waals surface area (Å²) in [4.78, 5) is 68.4. The number of anilines is 1. The van der Waals surface area contributed by atoms with Crippen molar-refractivity contribution in [2.45, 2.75) is 63.7 Å². The lowest BCUT2D eigenvalue weighted by Gasteiger charge is -2.38. The maximum absolute atomic E-state index is 14.4. The number of H-pyrrole nitrogens is 1. The summed E-state index contributed by atoms with van der Waals surface area (Å²) in [6.45, 7) is 2.82. The molecule has 0 aliphatic heterocycles. The number of aromatic nitrogens is 1. The van der Waals surface area contributed by atoms with Crippen LogP contribution in [0.25, 0.3) is 10.9 Å². The number of nitrogens with one attached hydrogen (secondary N) is 5. The molecule has 280 valence electrons. The summed E-state index contributed by atoms with van der Waals surface area (Å²) in [5.74, 6) is -6.16. The minimum atomic E-state index is -4.68. The molecule has 3 atom stereocenters. The lowest BCUT2D eigenvalue weighted by molar-refractivity contribution is -0.136. The molecule has 0 saturated heterocycles. The molecule has 0 saturated carbocycles. The first-order valence-electron chi connectivity index (χ1n) is 16.7. The lowest BCUT2D eigenvalue weighted by Crippen LogP contribution is -2.65. The van der Waals surface area contributed by atoms with Gasteiger partial charge in [0.25, 0.3) is 0 Å². The zero-order valence-electron chi connectivity index (χ0n) is 28.6. The molecule has 1 aliphatic carbocycles. The zero-order valence-corrected chi connectivity index (χ0v) is 28.6. The van der Waals surface area contributed by atoms with Gasteiger partial charge < -0.3 is 36.5 Å². The molecule has 4 aromatic rings. The second kappa shape index (κ2) is 15.4. The van der Waals surface area contributed by atoms with Gasteiger partial charge in [0, 0.05) is 23.2 Å². The molecular formula is C37H37F4N5O7. The highest BCUT2D eigenvalue weighted by atomic mass is 19.4. The molecular weight excluding hydrogens is 702 g/mol. The highest BCUT2D eigenvalue weighted by Gasteiger charge is 2.46. The number of aromatic amines is 1. The van der Waals surface area contributed by atoms with Gasteiger partial charge in [-0.3, -0.25) is 19.2 Å². The zero-order chi connectivity index (χ0) is 38.7. The van der Waals surface area contributed by atoms with E-state index in [0.717, 1.165) is 18.2 Å². The number of para-hydroxylation sites is 1. The standard InChI is InChI=1S/C37H37F4N5O7/c1-3-19(2)31(33(50)43-21-11-12-28(47)23(16-21)34(51)52)45-35(53)36(46-30(49)18-42-29(48)15-20-7-4-5-10-26(20)38)14-13-27-24(17-36)22-8-6-9-25(32(22)44-27)37(39,40)41/h4-12,16,19,31,44,47H,3,13-15,17-18H2,1-2H3,(H,42,48)(H,43,50)(H,45,53)(H,46,49)(H,51,52)/t19?,31-,36+/m0/s1. The number of phenols is 1. The molecule has 7 N–H and O–H groups in total. The number of aryl methyl sites for hydroxylation is 1. The Morgan fingerprint density at radius 2 is 1.74 bits per heavy atom. The van der Waals surface area contributed by atoms with E-state index in [4.69, 9.17) is 0 Å². The van der Waals surface area contributed by atoms with E-state index in [1.54, 1.807) is 19.9 Å². The minimum absolute atomic E-state index is 0.0171. The molecule has 0 radical (unpaired) electrons. The maximum atomic E-state index is 14.4. The second-order valence-corrected chi connectivity index (χ2v) is 13.0. The number of alkyl halides is 3. The number of carboxylic acids is 1. The molecule has 0 bridgehead atoms. The molecule has 3 aromatic carbocycles. The number of fused-ring (bicyclic) bond motifs is 3. The number of carboxylic acid groups (broad SMARTS) is 1. The topological polar surface area (TPSA) is 190 Å². The van der Waals surface area contributed by atoms with Crippen LogP contribution in [0, 0.1) is 11.7 Å². The maximum Gasteiger partial charge on any atom is 0.418 e. The number of hydrogen-bond acceptors (Lipinski definition) is 6. The number of hydrogen-bond donors (Lipinski definition) is 7. The molecule has 4 amide bonds. The van der Waals surface area contributed by atoms with E-state index in [2.05, 4.69) is 26.3 Å². The number of carbonyl (C=O) groups is 5. The Balaban J connectivity index is 1.44. The third kappa shape index (κ3) is 8.42. The Labute approximate surface area is 300 Å². The van der Waals surface area contributed by atoms with Gasteiger partial charge >= 0.3 is 12.1 Å². The Bertz CT molecular complexity index is 2080. The van der Waals surface area contributed by atoms with Crippen LogP contribution in [0.3, 0.4) is 0 Å². The van der Waals surface area contributed by atoms with Gasteiger partial charge in [-0.15, -0.1) is 0 Å². The summed E-state index contributed by atoms with van der Waals surface area (Å²) in [6, 6.07) is 11.4. The van der Waals surface area contributed by atoms with Crippen LogP contribution in [0.1, 0.15) is 59.4 Å². The van der Waals surface area contributed by atoms with Gasteiger partial charge in [-0.05, 0) is 60.2 Å². The van der Waals surface area contributed by atoms with Gasteiger partial charge in [0.05, 0.1) is 24.0 Å². The summed E-state index contributed by atoms with van der Waals surface area (Å²) in [7, 11) is 0. The van der Waals surface area contributed by atoms with Gasteiger partial charge in [0.1, 0.15) is 28.7 Å². The van der Waals surface area contributed by atoms with Crippen molar-refractivity contribution in [1.82, 2.24) is 20.9 Å². The van der Waals surface area contributed by atoms with Crippen molar-refractivity contribution in [2.75, 3.05) is 11.9 Å². The van der Waals surface area contributed by atoms with Crippen molar-refractivity contribution >= 4 is 46.2 Å². The molecule has 1 aromatic heterocycles. The van der Waals surface area contributed by atoms with E-state index in [0.29, 0.717) is 17.7 Å². The highest BCUT2D eigenvalue weighted by molar-refractivity contribution is 6.02. The van der Waals surface area contributed by atoms with Gasteiger partial charge in [-0.2, -0.15) is 13.2 Å². The fourth-order valence-electron chi connectivity index (χ4n) is 6.42. The molecule has 1 unspecified atom stereocenters. The van der Waals surface area contributed by atoms with Gasteiger partial charge in [0.15, 0.2) is 0 Å². The van der Waals surface area contributed by atoms with E-state index in [1.165, 1.54) is 36.4 Å². The highest BCUT2D eigenvalue weighted by Crippen LogP contribution is 2.40. The number of benzene rings is 3. The normalized spacial score (nSPS) is 16.6. The van der Waals surface area contributed by atoms with Crippen molar-refractivity contribution in [2.24, 2.45) is 5.92 Å². The Morgan fingerprint density at radius 1 is 1.00 bits per heavy atom. The van der Waals surface area contributed by atoms with E-state index in [1.807, 2.05) is 0 Å². The first kappa shape index (κ1) is 38.3. The van der Waals surface area contributed by atoms with Crippen molar-refractivity contribution in [3.8, 4) is 5.75 Å². The summed E-state index contributed by atoms with van der Waals surface area (Å²) in [5.41, 5.74) is -2.47. The summed E-state index contributed by atoms with van der Waals surface area (Å²) in [5, 5.41) is 29.8. The van der Waals surface area contributed by atoms with Crippen molar-refractivity contribution in [1.29, 1.82) is 0 Å². The van der Waals surface area contributed by atoms with E-state index in [-0.39, 0.29) is 47.8 Å². The average Bonchev–Trinajstić information content (AvgIpc) is 3.48. The van der Waals surface area contributed by atoms with Crippen LogP contribution in [0.4, 0.5) is 23.2 Å². The third-order valence-corrected chi connectivity index (χ3v) is 9.46. The smallest absolute Gasteiger partial charge is 0.418 e. The van der Waals surface area contributed by atoms with Gasteiger partial charge in [-0.1, -0.05) is 50.6 Å². The van der Waals surface area contributed by atoms with Crippen LogP contribution in [0.2, 0.25) is 0 Å². The first-order valence-corrected chi connectivity index (χ1v) is 16.7. The molecule has 5 rings (SSSR count). The van der Waals surface area contributed by atoms with E-state index in [9.17, 15) is 51.7 Å². The largest absolute Gasteiger partial charge is 0.507 e. The summed E-state index contributed by atoms with van der Waals surface area (Å²) >= 11 is 0. The van der Waals surface area contributed by atoms with Crippen molar-refractivity contribution in [3.05, 3.63) is 94.4 Å². The molecule has 12 nitrogen and oxygen atoms in total. The quantitative estimate of drug-likeness (QED) is 0.0816. The Kier molecular flexibility index (Phi) is 11.1. The van der Waals surface area contributed by atoms with Gasteiger partial charge in [-0.25, -0.2) is 9.18 Å². The number of halogens is 4. The lowest BCUT2D eigenvalue weighted by atomic mass is 9.78. The molecule has 53 heavy (non-hydrogen) atoms. The second-order valence-electron chi connectivity index (χ2n) is 13.0. The van der Waals surface area contributed by atoms with Crippen LogP contribution < -0.4 is 21.3 Å². The minimum Gasteiger partial charge on any atom is -0.507 e. The Morgan fingerprint density at radius 3 is 2.42 bits per heavy atom. The average molecular weight is 740 g/mol. The summed E-state index contributed by atoms with van der Waals surface area (Å²) < 4.78 is 55.9. The van der Waals surface area contributed by atoms with Crippen LogP contribution in [-0.4, -0.2) is 62.9 Å². The van der Waals surface area contributed by atoms with Crippen LogP contribution in [0.5, 0.6) is 5.75 Å². The Hall–Kier alpha value is -5.93. The van der Waals surface area contributed by atoms with Crippen LogP contribution in [-0.2, 0) is 44.6 Å². The number of rotatable bonds is 12. The fourth-order valence-corrected chi connectivity index (χ4v) is 6.42. The predicted molar refractivity (Wildman–Crippen MR) is 184 cm³/mol. The number of carbonyl (C=O) groups excluding carboxylic acids is 4. The van der Waals surface area contributed by atoms with Gasteiger partial charge in [0.2, 0.25) is 23.6 Å². The molecule has 1 aliphatic rings. The molecule has 16 heteroatoms. The van der Waals surface area contributed by atoms with Crippen molar-refractivity contribution in [3.63, 3.8) is 0 Å². The first-order chi connectivity index (χ1) is 25.0. The monoisotopic (exact) mass is 739 g/mol. The molecule has 1 heterocycles. The fraction of sp³-hybridized carbons (Fsp3) is 0.324. The molecule has 0 fully saturated rings. The molecule has 0 spiro atoms. The third-order valence-electron chi connectivity index (χ3n) is 9.46. The van der Waals surface area contributed by atoms with E-state index < -0.39 is 82.5 Å². The van der Waals surface area contributed by atoms with E-state index >= 15 is 0 Å². The predicted octanol–water partition coefficient (Wildman–Crippen LogP) is 4.60. The SMILES string of the molecule is CCC(C)[C@H](NC(=O)[C@@]1(NC(=O)CNC(=O)Cc2ccccc2F)CCc2[nH]c3c(C(F)(F)F)cccc3c2C1)C(=O)Nc1ccc(O)c(C(=O)O)c1. The van der Waals surface area contributed by atoms with Crippen LogP contribution in [0.15, 0.2) is 60.7 Å². The van der Waals surface area contributed by atoms with Crippen molar-refractivity contribution < 1.29 is 51.7 Å². The number of aromatic hydroxyl groups is 1. The number of aromatic carboxylic acids is 1.